The van der Waals surface area contributed by atoms with Crippen molar-refractivity contribution in [3.63, 3.8) is 0 Å². The molecular formula is C22H16F3N3O5S. The highest BCUT2D eigenvalue weighted by Crippen LogP contribution is 2.32. The Bertz CT molecular complexity index is 1330. The van der Waals surface area contributed by atoms with E-state index in [2.05, 4.69) is 15.5 Å². The van der Waals surface area contributed by atoms with Gasteiger partial charge in [-0.05, 0) is 49.7 Å². The number of halogens is 3. The predicted octanol–water partition coefficient (Wildman–Crippen LogP) is 5.89. The summed E-state index contributed by atoms with van der Waals surface area (Å²) in [4.78, 5) is 29.1. The minimum atomic E-state index is -4.51. The van der Waals surface area contributed by atoms with Gasteiger partial charge in [-0.3, -0.25) is 4.79 Å². The van der Waals surface area contributed by atoms with Crippen molar-refractivity contribution in [2.45, 2.75) is 26.1 Å². The van der Waals surface area contributed by atoms with Crippen molar-refractivity contribution in [1.82, 2.24) is 10.1 Å². The Hall–Kier alpha value is -3.93. The van der Waals surface area contributed by atoms with E-state index in [0.717, 1.165) is 23.5 Å². The third-order valence-corrected chi connectivity index (χ3v) is 5.74. The van der Waals surface area contributed by atoms with Crippen molar-refractivity contribution in [2.24, 2.45) is 0 Å². The highest BCUT2D eigenvalue weighted by molar-refractivity contribution is 7.18. The van der Waals surface area contributed by atoms with Crippen LogP contribution in [0, 0.1) is 6.92 Å². The summed E-state index contributed by atoms with van der Waals surface area (Å²) in [7, 11) is 0. The summed E-state index contributed by atoms with van der Waals surface area (Å²) in [6, 6.07) is 9.18. The Labute approximate surface area is 194 Å². The second-order valence-corrected chi connectivity index (χ2v) is 8.19. The van der Waals surface area contributed by atoms with E-state index < -0.39 is 29.7 Å². The lowest BCUT2D eigenvalue weighted by Crippen LogP contribution is -2.10. The quantitative estimate of drug-likeness (QED) is 0.335. The van der Waals surface area contributed by atoms with Gasteiger partial charge in [0.15, 0.2) is 11.9 Å². The Morgan fingerprint density at radius 1 is 1.18 bits per heavy atom. The molecule has 0 saturated carbocycles. The summed E-state index contributed by atoms with van der Waals surface area (Å²) in [6.45, 7) is 3.17. The van der Waals surface area contributed by atoms with Crippen LogP contribution in [0.2, 0.25) is 0 Å². The lowest BCUT2D eigenvalue weighted by Gasteiger charge is -2.08. The smallest absolute Gasteiger partial charge is 0.416 e. The van der Waals surface area contributed by atoms with Crippen LogP contribution in [0.3, 0.4) is 0 Å². The van der Waals surface area contributed by atoms with E-state index in [1.165, 1.54) is 31.4 Å². The number of esters is 1. The highest BCUT2D eigenvalue weighted by atomic mass is 32.1. The first kappa shape index (κ1) is 23.2. The molecule has 0 saturated heterocycles. The van der Waals surface area contributed by atoms with E-state index in [4.69, 9.17) is 13.7 Å². The zero-order valence-electron chi connectivity index (χ0n) is 17.7. The molecule has 12 heteroatoms. The number of aryl methyl sites for hydroxylation is 1. The van der Waals surface area contributed by atoms with Crippen LogP contribution < -0.4 is 5.32 Å². The van der Waals surface area contributed by atoms with Crippen LogP contribution in [-0.4, -0.2) is 22.0 Å². The number of amides is 1. The number of benzene rings is 1. The number of carbonyl (C=O) groups is 2. The second-order valence-electron chi connectivity index (χ2n) is 7.14. The van der Waals surface area contributed by atoms with Crippen LogP contribution in [0.1, 0.15) is 50.3 Å². The minimum Gasteiger partial charge on any atom is -0.459 e. The molecule has 3 heterocycles. The molecule has 34 heavy (non-hydrogen) atoms. The van der Waals surface area contributed by atoms with E-state index >= 15 is 0 Å². The molecule has 0 bridgehead atoms. The molecule has 0 fully saturated rings. The molecule has 0 spiro atoms. The number of anilines is 1. The number of aromatic nitrogens is 2. The number of hydrogen-bond donors (Lipinski definition) is 1. The average molecular weight is 491 g/mol. The van der Waals surface area contributed by atoms with E-state index in [9.17, 15) is 22.8 Å². The van der Waals surface area contributed by atoms with Gasteiger partial charge in [0.2, 0.25) is 5.82 Å². The molecule has 176 valence electrons. The Morgan fingerprint density at radius 3 is 2.68 bits per heavy atom. The first-order valence-corrected chi connectivity index (χ1v) is 10.6. The maximum absolute atomic E-state index is 12.9. The van der Waals surface area contributed by atoms with Gasteiger partial charge in [0.05, 0.1) is 16.8 Å². The summed E-state index contributed by atoms with van der Waals surface area (Å²) in [5, 5.41) is 6.75. The third-order valence-electron chi connectivity index (χ3n) is 4.61. The number of furan rings is 1. The zero-order valence-corrected chi connectivity index (χ0v) is 18.5. The van der Waals surface area contributed by atoms with E-state index in [1.54, 1.807) is 19.1 Å². The largest absolute Gasteiger partial charge is 0.459 e. The van der Waals surface area contributed by atoms with E-state index in [-0.39, 0.29) is 27.9 Å². The van der Waals surface area contributed by atoms with Crippen molar-refractivity contribution in [3.8, 4) is 11.4 Å². The van der Waals surface area contributed by atoms with Gasteiger partial charge in [0.25, 0.3) is 11.8 Å². The predicted molar refractivity (Wildman–Crippen MR) is 114 cm³/mol. The summed E-state index contributed by atoms with van der Waals surface area (Å²) in [6.07, 6.45) is -4.11. The summed E-state index contributed by atoms with van der Waals surface area (Å²) in [5.74, 6) is -1.18. The molecule has 0 radical (unpaired) electrons. The SMILES string of the molecule is Cc1cc(NC(=O)c2ccco2)sc1C(=O)OC(C)c1nc(-c2cccc(C(F)(F)F)c2)no1. The summed E-state index contributed by atoms with van der Waals surface area (Å²) in [5.41, 5.74) is -0.166. The number of rotatable bonds is 6. The maximum atomic E-state index is 12.9. The molecular weight excluding hydrogens is 475 g/mol. The molecule has 4 aromatic rings. The molecule has 0 aliphatic rings. The molecule has 1 aromatic carbocycles. The summed E-state index contributed by atoms with van der Waals surface area (Å²) >= 11 is 1.02. The van der Waals surface area contributed by atoms with Gasteiger partial charge < -0.3 is 19.0 Å². The normalized spacial score (nSPS) is 12.4. The van der Waals surface area contributed by atoms with Crippen molar-refractivity contribution >= 4 is 28.2 Å². The maximum Gasteiger partial charge on any atom is 0.416 e. The number of carbonyl (C=O) groups excluding carboxylic acids is 2. The number of thiophene rings is 1. The minimum absolute atomic E-state index is 0.0702. The fourth-order valence-electron chi connectivity index (χ4n) is 2.94. The monoisotopic (exact) mass is 491 g/mol. The van der Waals surface area contributed by atoms with Crippen LogP contribution in [0.5, 0.6) is 0 Å². The van der Waals surface area contributed by atoms with Crippen LogP contribution in [0.15, 0.2) is 57.7 Å². The molecule has 3 aromatic heterocycles. The lowest BCUT2D eigenvalue weighted by atomic mass is 10.1. The van der Waals surface area contributed by atoms with Gasteiger partial charge in [0.1, 0.15) is 4.88 Å². The van der Waals surface area contributed by atoms with Crippen molar-refractivity contribution < 1.29 is 36.4 Å². The van der Waals surface area contributed by atoms with Gasteiger partial charge >= 0.3 is 12.1 Å². The zero-order chi connectivity index (χ0) is 24.5. The molecule has 0 aliphatic heterocycles. The van der Waals surface area contributed by atoms with Gasteiger partial charge in [-0.15, -0.1) is 11.3 Å². The molecule has 1 atom stereocenters. The topological polar surface area (TPSA) is 107 Å². The molecule has 0 aliphatic carbocycles. The number of alkyl halides is 3. The second kappa shape index (κ2) is 9.14. The first-order valence-electron chi connectivity index (χ1n) is 9.79. The summed E-state index contributed by atoms with van der Waals surface area (Å²) < 4.78 is 54.4. The molecule has 8 nitrogen and oxygen atoms in total. The van der Waals surface area contributed by atoms with Crippen molar-refractivity contribution in [2.75, 3.05) is 5.32 Å². The van der Waals surface area contributed by atoms with Crippen LogP contribution in [0.4, 0.5) is 18.2 Å². The molecule has 4 rings (SSSR count). The van der Waals surface area contributed by atoms with Gasteiger partial charge in [-0.2, -0.15) is 18.2 Å². The van der Waals surface area contributed by atoms with Gasteiger partial charge in [-0.1, -0.05) is 17.3 Å². The number of ether oxygens (including phenoxy) is 1. The Morgan fingerprint density at radius 2 is 1.97 bits per heavy atom. The van der Waals surface area contributed by atoms with E-state index in [0.29, 0.717) is 10.6 Å². The first-order chi connectivity index (χ1) is 16.1. The van der Waals surface area contributed by atoms with Crippen molar-refractivity contribution in [3.05, 3.63) is 76.4 Å². The molecule has 1 amide bonds. The fraction of sp³-hybridized carbons (Fsp3) is 0.182. The Balaban J connectivity index is 1.44. The van der Waals surface area contributed by atoms with Crippen LogP contribution >= 0.6 is 11.3 Å². The Kier molecular flexibility index (Phi) is 6.24. The average Bonchev–Trinajstić information content (AvgIpc) is 3.54. The van der Waals surface area contributed by atoms with Crippen molar-refractivity contribution in [1.29, 1.82) is 0 Å². The molecule has 1 N–H and O–H groups in total. The van der Waals surface area contributed by atoms with Crippen LogP contribution in [0.25, 0.3) is 11.4 Å². The van der Waals surface area contributed by atoms with Gasteiger partial charge in [-0.25, -0.2) is 4.79 Å². The lowest BCUT2D eigenvalue weighted by molar-refractivity contribution is -0.137. The standard InChI is InChI=1S/C22H16F3N3O5S/c1-11-9-16(26-19(29)15-7-4-8-31-15)34-17(11)21(30)32-12(2)20-27-18(28-33-20)13-5-3-6-14(10-13)22(23,24)25/h3-10,12H,1-2H3,(H,26,29). The molecule has 1 unspecified atom stereocenters. The fourth-order valence-corrected chi connectivity index (χ4v) is 3.89. The number of hydrogen-bond acceptors (Lipinski definition) is 8. The highest BCUT2D eigenvalue weighted by Gasteiger charge is 2.31. The van der Waals surface area contributed by atoms with Gasteiger partial charge in [0, 0.05) is 5.56 Å². The third kappa shape index (κ3) is 5.01. The number of nitrogens with one attached hydrogen (secondary N) is 1. The van der Waals surface area contributed by atoms with E-state index in [1.807, 2.05) is 0 Å². The number of nitrogens with zero attached hydrogens (tertiary/aromatic N) is 2. The van der Waals surface area contributed by atoms with Crippen LogP contribution in [-0.2, 0) is 10.9 Å².